The molecule has 0 aliphatic carbocycles. The fourth-order valence-corrected chi connectivity index (χ4v) is 2.00. The molecule has 0 atom stereocenters. The Kier molecular flexibility index (Phi) is 5.44. The number of hydrogen-bond acceptors (Lipinski definition) is 2. The van der Waals surface area contributed by atoms with E-state index >= 15 is 0 Å². The molecular formula is C14H8Cl4N2. The molecule has 0 amide bonds. The van der Waals surface area contributed by atoms with Gasteiger partial charge in [0.15, 0.2) is 0 Å². The Hall–Kier alpha value is -1.06. The molecule has 0 saturated carbocycles. The van der Waals surface area contributed by atoms with Gasteiger partial charge in [0.2, 0.25) is 0 Å². The van der Waals surface area contributed by atoms with Crippen molar-refractivity contribution < 1.29 is 0 Å². The fourth-order valence-electron chi connectivity index (χ4n) is 1.39. The lowest BCUT2D eigenvalue weighted by molar-refractivity contribution is 1.26. The van der Waals surface area contributed by atoms with Crippen LogP contribution in [0.2, 0.25) is 20.1 Å². The quantitative estimate of drug-likeness (QED) is 0.499. The van der Waals surface area contributed by atoms with Crippen molar-refractivity contribution >= 4 is 58.8 Å². The first kappa shape index (κ1) is 15.3. The minimum absolute atomic E-state index is 0.476. The first-order valence-electron chi connectivity index (χ1n) is 5.53. The van der Waals surface area contributed by atoms with Crippen LogP contribution in [0.25, 0.3) is 0 Å². The summed E-state index contributed by atoms with van der Waals surface area (Å²) in [5, 5.41) is 9.81. The summed E-state index contributed by atoms with van der Waals surface area (Å²) in [6, 6.07) is 10.4. The highest BCUT2D eigenvalue weighted by molar-refractivity contribution is 6.42. The van der Waals surface area contributed by atoms with Crippen LogP contribution >= 0.6 is 46.4 Å². The summed E-state index contributed by atoms with van der Waals surface area (Å²) < 4.78 is 0. The van der Waals surface area contributed by atoms with Gasteiger partial charge in [0, 0.05) is 0 Å². The molecule has 0 heterocycles. The molecule has 2 nitrogen and oxygen atoms in total. The summed E-state index contributed by atoms with van der Waals surface area (Å²) in [6.07, 6.45) is 3.16. The van der Waals surface area contributed by atoms with Gasteiger partial charge >= 0.3 is 0 Å². The van der Waals surface area contributed by atoms with Gasteiger partial charge in [0.05, 0.1) is 32.5 Å². The molecule has 0 aromatic heterocycles. The zero-order valence-corrected chi connectivity index (χ0v) is 13.0. The molecule has 0 fully saturated rings. The van der Waals surface area contributed by atoms with Crippen molar-refractivity contribution in [2.75, 3.05) is 0 Å². The van der Waals surface area contributed by atoms with Crippen LogP contribution in [0.15, 0.2) is 46.6 Å². The van der Waals surface area contributed by atoms with Crippen molar-refractivity contribution in [2.24, 2.45) is 10.2 Å². The summed E-state index contributed by atoms with van der Waals surface area (Å²) in [5.74, 6) is 0. The molecule has 0 spiro atoms. The van der Waals surface area contributed by atoms with Crippen molar-refractivity contribution in [2.45, 2.75) is 0 Å². The van der Waals surface area contributed by atoms with E-state index in [1.54, 1.807) is 48.8 Å². The number of benzene rings is 2. The zero-order chi connectivity index (χ0) is 14.5. The van der Waals surface area contributed by atoms with Crippen LogP contribution in [0, 0.1) is 0 Å². The minimum atomic E-state index is 0.476. The van der Waals surface area contributed by atoms with Crippen LogP contribution in [-0.2, 0) is 0 Å². The summed E-state index contributed by atoms with van der Waals surface area (Å²) in [7, 11) is 0. The highest BCUT2D eigenvalue weighted by Gasteiger charge is 1.97. The maximum Gasteiger partial charge on any atom is 0.0598 e. The van der Waals surface area contributed by atoms with Crippen molar-refractivity contribution in [3.8, 4) is 0 Å². The van der Waals surface area contributed by atoms with Crippen LogP contribution in [0.3, 0.4) is 0 Å². The number of hydrogen-bond donors (Lipinski definition) is 0. The molecule has 102 valence electrons. The van der Waals surface area contributed by atoms with Crippen molar-refractivity contribution in [1.29, 1.82) is 0 Å². The second-order valence-electron chi connectivity index (χ2n) is 3.84. The predicted octanol–water partition coefficient (Wildman–Crippen LogP) is 5.75. The van der Waals surface area contributed by atoms with Crippen LogP contribution in [0.4, 0.5) is 0 Å². The van der Waals surface area contributed by atoms with Gasteiger partial charge in [-0.2, -0.15) is 10.2 Å². The van der Waals surface area contributed by atoms with Crippen molar-refractivity contribution in [3.63, 3.8) is 0 Å². The maximum absolute atomic E-state index is 5.90. The third-order valence-corrected chi connectivity index (χ3v) is 3.85. The molecule has 0 aliphatic rings. The van der Waals surface area contributed by atoms with E-state index in [-0.39, 0.29) is 0 Å². The van der Waals surface area contributed by atoms with E-state index in [0.717, 1.165) is 11.1 Å². The van der Waals surface area contributed by atoms with Gasteiger partial charge in [-0.1, -0.05) is 58.5 Å². The lowest BCUT2D eigenvalue weighted by Gasteiger charge is -1.96. The largest absolute Gasteiger partial charge is 0.159 e. The molecule has 2 aromatic carbocycles. The average molecular weight is 346 g/mol. The lowest BCUT2D eigenvalue weighted by Crippen LogP contribution is -1.82. The first-order valence-corrected chi connectivity index (χ1v) is 7.04. The third kappa shape index (κ3) is 4.22. The van der Waals surface area contributed by atoms with Gasteiger partial charge < -0.3 is 0 Å². The molecule has 2 rings (SSSR count). The Morgan fingerprint density at radius 3 is 1.35 bits per heavy atom. The maximum atomic E-state index is 5.90. The number of nitrogens with zero attached hydrogens (tertiary/aromatic N) is 2. The molecule has 0 radical (unpaired) electrons. The van der Waals surface area contributed by atoms with E-state index in [0.29, 0.717) is 20.1 Å². The van der Waals surface area contributed by atoms with E-state index < -0.39 is 0 Å². The van der Waals surface area contributed by atoms with Crippen LogP contribution in [0.5, 0.6) is 0 Å². The lowest BCUT2D eigenvalue weighted by atomic mass is 10.2. The van der Waals surface area contributed by atoms with Gasteiger partial charge in [0.25, 0.3) is 0 Å². The van der Waals surface area contributed by atoms with Gasteiger partial charge in [-0.3, -0.25) is 0 Å². The van der Waals surface area contributed by atoms with Gasteiger partial charge in [-0.25, -0.2) is 0 Å². The van der Waals surface area contributed by atoms with Crippen LogP contribution < -0.4 is 0 Å². The Bertz CT molecular complexity index is 621. The first-order chi connectivity index (χ1) is 9.56. The van der Waals surface area contributed by atoms with Crippen molar-refractivity contribution in [3.05, 3.63) is 67.6 Å². The van der Waals surface area contributed by atoms with Gasteiger partial charge in [-0.05, 0) is 35.4 Å². The molecule has 0 bridgehead atoms. The molecule has 0 aliphatic heterocycles. The topological polar surface area (TPSA) is 24.7 Å². The molecule has 0 N–H and O–H groups in total. The normalized spacial score (nSPS) is 11.6. The Morgan fingerprint density at radius 2 is 1.00 bits per heavy atom. The second-order valence-corrected chi connectivity index (χ2v) is 5.47. The van der Waals surface area contributed by atoms with E-state index in [2.05, 4.69) is 10.2 Å². The second kappa shape index (κ2) is 7.09. The third-order valence-electron chi connectivity index (χ3n) is 2.37. The highest BCUT2D eigenvalue weighted by Crippen LogP contribution is 2.22. The standard InChI is InChI=1S/C14H8Cl4N2/c15-11-3-1-9(5-13(11)17)7-19-20-8-10-2-4-12(16)14(18)6-10/h1-8H. The van der Waals surface area contributed by atoms with Crippen molar-refractivity contribution in [1.82, 2.24) is 0 Å². The minimum Gasteiger partial charge on any atom is -0.159 e. The van der Waals surface area contributed by atoms with E-state index in [9.17, 15) is 0 Å². The summed E-state index contributed by atoms with van der Waals surface area (Å²) in [5.41, 5.74) is 1.62. The average Bonchev–Trinajstić information content (AvgIpc) is 2.42. The summed E-state index contributed by atoms with van der Waals surface area (Å²) >= 11 is 23.4. The number of halogens is 4. The number of rotatable bonds is 3. The molecule has 20 heavy (non-hydrogen) atoms. The fraction of sp³-hybridized carbons (Fsp3) is 0. The molecule has 0 unspecified atom stereocenters. The Morgan fingerprint density at radius 1 is 0.600 bits per heavy atom. The Labute approximate surface area is 136 Å². The summed E-state index contributed by atoms with van der Waals surface area (Å²) in [4.78, 5) is 0. The molecule has 2 aromatic rings. The van der Waals surface area contributed by atoms with Gasteiger partial charge in [0.1, 0.15) is 0 Å². The summed E-state index contributed by atoms with van der Waals surface area (Å²) in [6.45, 7) is 0. The van der Waals surface area contributed by atoms with Gasteiger partial charge in [-0.15, -0.1) is 0 Å². The van der Waals surface area contributed by atoms with E-state index in [1.807, 2.05) is 0 Å². The molecular weight excluding hydrogens is 338 g/mol. The van der Waals surface area contributed by atoms with E-state index in [1.165, 1.54) is 0 Å². The highest BCUT2D eigenvalue weighted by atomic mass is 35.5. The monoisotopic (exact) mass is 344 g/mol. The van der Waals surface area contributed by atoms with Crippen LogP contribution in [-0.4, -0.2) is 12.4 Å². The SMILES string of the molecule is Clc1ccc(C=NN=Cc2ccc(Cl)c(Cl)c2)cc1Cl. The molecule has 6 heteroatoms. The van der Waals surface area contributed by atoms with E-state index in [4.69, 9.17) is 46.4 Å². The predicted molar refractivity (Wildman–Crippen MR) is 88.1 cm³/mol. The Balaban J connectivity index is 2.06. The smallest absolute Gasteiger partial charge is 0.0598 e. The van der Waals surface area contributed by atoms with Crippen LogP contribution in [0.1, 0.15) is 11.1 Å². The molecule has 0 saturated heterocycles. The zero-order valence-electron chi connectivity index (χ0n) is 10.0.